The lowest BCUT2D eigenvalue weighted by Gasteiger charge is -2.40. The highest BCUT2D eigenvalue weighted by Gasteiger charge is 2.53. The molecular weight excluding hydrogens is 496 g/mol. The Morgan fingerprint density at radius 1 is 0.947 bits per heavy atom. The van der Waals surface area contributed by atoms with Crippen molar-refractivity contribution in [3.05, 3.63) is 52.2 Å². The number of ether oxygens (including phenoxy) is 5. The standard InChI is InChI=1S/C27H26N2O9/c1-11-22(26(32)29(2)25(11)31)28-23-14-8-17-16(37-10-38-17)7-13(14)20(21-15(23)9-36-27(21)33)12-5-18(34-3)24(30)19(6-12)35-4/h5-8,15,20-21,23,28,30H,9-10H2,1-4H3/t15-,20+,21-,23+/m0/s1. The van der Waals surface area contributed by atoms with Crippen molar-refractivity contribution in [2.75, 3.05) is 34.7 Å². The molecule has 2 aromatic rings. The number of rotatable bonds is 5. The van der Waals surface area contributed by atoms with Gasteiger partial charge in [0.05, 0.1) is 32.8 Å². The minimum Gasteiger partial charge on any atom is -0.502 e. The molecule has 2 N–H and O–H groups in total. The van der Waals surface area contributed by atoms with Gasteiger partial charge < -0.3 is 34.1 Å². The summed E-state index contributed by atoms with van der Waals surface area (Å²) < 4.78 is 27.7. The molecule has 11 nitrogen and oxygen atoms in total. The van der Waals surface area contributed by atoms with E-state index in [9.17, 15) is 19.5 Å². The number of imide groups is 1. The molecule has 38 heavy (non-hydrogen) atoms. The van der Waals surface area contributed by atoms with Crippen LogP contribution in [0.1, 0.15) is 35.6 Å². The second-order valence-electron chi connectivity index (χ2n) is 9.70. The van der Waals surface area contributed by atoms with Crippen LogP contribution >= 0.6 is 0 Å². The van der Waals surface area contributed by atoms with E-state index in [4.69, 9.17) is 23.7 Å². The maximum atomic E-state index is 13.3. The Morgan fingerprint density at radius 2 is 1.58 bits per heavy atom. The lowest BCUT2D eigenvalue weighted by Crippen LogP contribution is -2.42. The van der Waals surface area contributed by atoms with Gasteiger partial charge in [0.1, 0.15) is 5.70 Å². The van der Waals surface area contributed by atoms with Gasteiger partial charge in [0, 0.05) is 24.5 Å². The molecule has 0 bridgehead atoms. The minimum absolute atomic E-state index is 0.0544. The van der Waals surface area contributed by atoms with Crippen molar-refractivity contribution in [2.24, 2.45) is 11.8 Å². The van der Waals surface area contributed by atoms with Gasteiger partial charge in [-0.05, 0) is 47.9 Å². The van der Waals surface area contributed by atoms with E-state index in [-0.39, 0.29) is 48.2 Å². The zero-order valence-electron chi connectivity index (χ0n) is 21.2. The number of likely N-dealkylation sites (N-methyl/N-ethyl adjacent to an activating group) is 1. The number of nitrogens with one attached hydrogen (secondary N) is 1. The van der Waals surface area contributed by atoms with Gasteiger partial charge in [-0.1, -0.05) is 0 Å². The summed E-state index contributed by atoms with van der Waals surface area (Å²) in [5, 5.41) is 13.8. The number of nitrogens with zero attached hydrogens (tertiary/aromatic N) is 1. The fourth-order valence-corrected chi connectivity index (χ4v) is 5.95. The second kappa shape index (κ2) is 8.57. The van der Waals surface area contributed by atoms with Crippen molar-refractivity contribution in [1.29, 1.82) is 0 Å². The van der Waals surface area contributed by atoms with E-state index in [1.54, 1.807) is 19.1 Å². The molecule has 6 rings (SSSR count). The Balaban J connectivity index is 1.55. The van der Waals surface area contributed by atoms with Crippen LogP contribution in [0.5, 0.6) is 28.7 Å². The van der Waals surface area contributed by atoms with Gasteiger partial charge in [-0.15, -0.1) is 0 Å². The van der Waals surface area contributed by atoms with Crippen LogP contribution in [-0.4, -0.2) is 62.5 Å². The molecule has 2 aromatic carbocycles. The summed E-state index contributed by atoms with van der Waals surface area (Å²) in [6, 6.07) is 6.49. The van der Waals surface area contributed by atoms with E-state index in [1.165, 1.54) is 21.3 Å². The Hall–Kier alpha value is -4.41. The number of methoxy groups -OCH3 is 2. The molecule has 1 fully saturated rings. The highest BCUT2D eigenvalue weighted by Crippen LogP contribution is 2.55. The van der Waals surface area contributed by atoms with Crippen LogP contribution in [0.25, 0.3) is 0 Å². The van der Waals surface area contributed by atoms with E-state index >= 15 is 0 Å². The summed E-state index contributed by atoms with van der Waals surface area (Å²) in [6.07, 6.45) is 0. The first-order valence-corrected chi connectivity index (χ1v) is 12.1. The minimum atomic E-state index is -0.648. The summed E-state index contributed by atoms with van der Waals surface area (Å²) >= 11 is 0. The van der Waals surface area contributed by atoms with Gasteiger partial charge in [0.15, 0.2) is 23.0 Å². The number of fused-ring (bicyclic) bond motifs is 3. The van der Waals surface area contributed by atoms with Gasteiger partial charge in [0.25, 0.3) is 11.8 Å². The average molecular weight is 523 g/mol. The quantitative estimate of drug-likeness (QED) is 0.444. The van der Waals surface area contributed by atoms with Crippen molar-refractivity contribution in [3.8, 4) is 28.7 Å². The number of hydrogen-bond acceptors (Lipinski definition) is 10. The van der Waals surface area contributed by atoms with Gasteiger partial charge in [-0.2, -0.15) is 0 Å². The molecule has 11 heteroatoms. The van der Waals surface area contributed by atoms with Gasteiger partial charge in [-0.3, -0.25) is 19.3 Å². The first-order valence-electron chi connectivity index (χ1n) is 12.1. The molecule has 0 aromatic heterocycles. The zero-order valence-corrected chi connectivity index (χ0v) is 21.2. The van der Waals surface area contributed by atoms with E-state index in [2.05, 4.69) is 5.32 Å². The van der Waals surface area contributed by atoms with Crippen molar-refractivity contribution in [2.45, 2.75) is 18.9 Å². The maximum absolute atomic E-state index is 13.3. The molecule has 0 saturated carbocycles. The highest BCUT2D eigenvalue weighted by atomic mass is 16.7. The lowest BCUT2D eigenvalue weighted by molar-refractivity contribution is -0.141. The second-order valence-corrected chi connectivity index (χ2v) is 9.70. The van der Waals surface area contributed by atoms with Crippen LogP contribution < -0.4 is 24.3 Å². The van der Waals surface area contributed by atoms with E-state index < -0.39 is 29.8 Å². The third kappa shape index (κ3) is 3.30. The normalized spacial score (nSPS) is 25.4. The van der Waals surface area contributed by atoms with Gasteiger partial charge in [-0.25, -0.2) is 0 Å². The molecule has 0 spiro atoms. The number of aromatic hydroxyl groups is 1. The van der Waals surface area contributed by atoms with Crippen LogP contribution in [-0.2, 0) is 19.1 Å². The number of hydrogen-bond donors (Lipinski definition) is 2. The monoisotopic (exact) mass is 522 g/mol. The number of phenolic OH excluding ortho intramolecular Hbond substituents is 1. The maximum Gasteiger partial charge on any atom is 0.310 e. The summed E-state index contributed by atoms with van der Waals surface area (Å²) in [5.41, 5.74) is 2.70. The predicted octanol–water partition coefficient (Wildman–Crippen LogP) is 1.98. The fraction of sp³-hybridized carbons (Fsp3) is 0.370. The van der Waals surface area contributed by atoms with Crippen molar-refractivity contribution in [3.63, 3.8) is 0 Å². The van der Waals surface area contributed by atoms with E-state index in [1.807, 2.05) is 12.1 Å². The van der Waals surface area contributed by atoms with Crippen LogP contribution in [0, 0.1) is 11.8 Å². The molecule has 198 valence electrons. The van der Waals surface area contributed by atoms with Crippen LogP contribution in [0.15, 0.2) is 35.5 Å². The number of phenols is 1. The largest absolute Gasteiger partial charge is 0.502 e. The Labute approximate surface area is 217 Å². The summed E-state index contributed by atoms with van der Waals surface area (Å²) in [7, 11) is 4.30. The number of esters is 1. The molecule has 2 amide bonds. The van der Waals surface area contributed by atoms with Crippen LogP contribution in [0.2, 0.25) is 0 Å². The Kier molecular flexibility index (Phi) is 5.41. The third-order valence-electron chi connectivity index (χ3n) is 7.87. The number of amides is 2. The predicted molar refractivity (Wildman–Crippen MR) is 130 cm³/mol. The number of carbonyl (C=O) groups is 3. The van der Waals surface area contributed by atoms with Gasteiger partial charge in [0.2, 0.25) is 12.5 Å². The molecule has 1 aliphatic carbocycles. The third-order valence-corrected chi connectivity index (χ3v) is 7.87. The number of benzene rings is 2. The van der Waals surface area contributed by atoms with Gasteiger partial charge >= 0.3 is 5.97 Å². The van der Waals surface area contributed by atoms with Crippen molar-refractivity contribution >= 4 is 17.8 Å². The highest BCUT2D eigenvalue weighted by molar-refractivity contribution is 6.18. The molecule has 0 radical (unpaired) electrons. The SMILES string of the molecule is COc1cc([C@@H]2c3cc4c(cc3[C@@H](NC3=C(C)C(=O)N(C)C3=O)[C@H]3COC(=O)[C@H]23)OCO4)cc(OC)c1O. The average Bonchev–Trinajstić information content (AvgIpc) is 3.58. The summed E-state index contributed by atoms with van der Waals surface area (Å²) in [4.78, 5) is 39.7. The fourth-order valence-electron chi connectivity index (χ4n) is 5.95. The first kappa shape index (κ1) is 24.0. The molecule has 1 saturated heterocycles. The zero-order chi connectivity index (χ0) is 26.9. The van der Waals surface area contributed by atoms with Crippen LogP contribution in [0.3, 0.4) is 0 Å². The Bertz CT molecular complexity index is 1410. The summed E-state index contributed by atoms with van der Waals surface area (Å²) in [5.74, 6) is -1.45. The molecule has 4 atom stereocenters. The topological polar surface area (TPSA) is 133 Å². The smallest absolute Gasteiger partial charge is 0.310 e. The summed E-state index contributed by atoms with van der Waals surface area (Å²) in [6.45, 7) is 1.77. The molecule has 3 aliphatic heterocycles. The molecule has 4 aliphatic rings. The lowest BCUT2D eigenvalue weighted by atomic mass is 9.65. The van der Waals surface area contributed by atoms with E-state index in [0.29, 0.717) is 22.6 Å². The van der Waals surface area contributed by atoms with Crippen LogP contribution in [0.4, 0.5) is 0 Å². The molecule has 0 unspecified atom stereocenters. The van der Waals surface area contributed by atoms with Crippen molar-refractivity contribution in [1.82, 2.24) is 10.2 Å². The van der Waals surface area contributed by atoms with Crippen molar-refractivity contribution < 1.29 is 43.2 Å². The Morgan fingerprint density at radius 3 is 2.16 bits per heavy atom. The molecular formula is C27H26N2O9. The molecule has 3 heterocycles. The number of cyclic esters (lactones) is 1. The number of carbonyl (C=O) groups excluding carboxylic acids is 3. The van der Waals surface area contributed by atoms with E-state index in [0.717, 1.165) is 16.0 Å². The first-order chi connectivity index (χ1) is 18.2.